The van der Waals surface area contributed by atoms with Gasteiger partial charge in [-0.3, -0.25) is 4.79 Å². The van der Waals surface area contributed by atoms with Crippen molar-refractivity contribution in [3.63, 3.8) is 0 Å². The van der Waals surface area contributed by atoms with E-state index in [-0.39, 0.29) is 22.8 Å². The SMILES string of the molecule is CC(O)CC(C)NC(=O)c1cc(Cl)ncc1N. The van der Waals surface area contributed by atoms with Crippen molar-refractivity contribution in [3.8, 4) is 0 Å². The number of amides is 1. The van der Waals surface area contributed by atoms with Crippen LogP contribution in [0.2, 0.25) is 5.15 Å². The minimum Gasteiger partial charge on any atom is -0.397 e. The average Bonchev–Trinajstić information content (AvgIpc) is 2.20. The van der Waals surface area contributed by atoms with Crippen LogP contribution in [0.4, 0.5) is 5.69 Å². The molecule has 94 valence electrons. The molecule has 0 aliphatic heterocycles. The van der Waals surface area contributed by atoms with Gasteiger partial charge >= 0.3 is 0 Å². The van der Waals surface area contributed by atoms with Gasteiger partial charge in [0.15, 0.2) is 0 Å². The molecule has 0 radical (unpaired) electrons. The lowest BCUT2D eigenvalue weighted by molar-refractivity contribution is 0.0924. The van der Waals surface area contributed by atoms with E-state index < -0.39 is 6.10 Å². The zero-order chi connectivity index (χ0) is 13.0. The summed E-state index contributed by atoms with van der Waals surface area (Å²) in [4.78, 5) is 15.6. The van der Waals surface area contributed by atoms with Gasteiger partial charge < -0.3 is 16.2 Å². The number of aromatic nitrogens is 1. The van der Waals surface area contributed by atoms with E-state index in [1.165, 1.54) is 12.3 Å². The molecule has 0 aliphatic rings. The second-order valence-electron chi connectivity index (χ2n) is 4.05. The second kappa shape index (κ2) is 5.84. The van der Waals surface area contributed by atoms with Gasteiger partial charge in [-0.1, -0.05) is 11.6 Å². The lowest BCUT2D eigenvalue weighted by atomic mass is 10.1. The topological polar surface area (TPSA) is 88.2 Å². The Labute approximate surface area is 105 Å². The summed E-state index contributed by atoms with van der Waals surface area (Å²) in [7, 11) is 0. The van der Waals surface area contributed by atoms with Crippen molar-refractivity contribution in [3.05, 3.63) is 23.0 Å². The highest BCUT2D eigenvalue weighted by Gasteiger charge is 2.14. The van der Waals surface area contributed by atoms with Crippen LogP contribution in [-0.4, -0.2) is 28.1 Å². The highest BCUT2D eigenvalue weighted by Crippen LogP contribution is 2.15. The first kappa shape index (κ1) is 13.7. The minimum absolute atomic E-state index is 0.145. The number of hydrogen-bond donors (Lipinski definition) is 3. The Hall–Kier alpha value is -1.33. The summed E-state index contributed by atoms with van der Waals surface area (Å²) >= 11 is 5.70. The number of carbonyl (C=O) groups excluding carboxylic acids is 1. The number of nitrogen functional groups attached to an aromatic ring is 1. The molecule has 2 unspecified atom stereocenters. The van der Waals surface area contributed by atoms with Gasteiger partial charge in [-0.15, -0.1) is 0 Å². The predicted octanol–water partition coefficient (Wildman–Crippen LogP) is 1.21. The van der Waals surface area contributed by atoms with Crippen molar-refractivity contribution in [2.75, 3.05) is 5.73 Å². The molecular formula is C11H16ClN3O2. The fourth-order valence-electron chi connectivity index (χ4n) is 1.51. The van der Waals surface area contributed by atoms with E-state index in [1.54, 1.807) is 6.92 Å². The van der Waals surface area contributed by atoms with Crippen LogP contribution >= 0.6 is 11.6 Å². The first-order valence-corrected chi connectivity index (χ1v) is 5.68. The molecule has 0 fully saturated rings. The smallest absolute Gasteiger partial charge is 0.253 e. The maximum atomic E-state index is 11.9. The van der Waals surface area contributed by atoms with Gasteiger partial charge in [0.2, 0.25) is 0 Å². The Morgan fingerprint density at radius 1 is 1.65 bits per heavy atom. The zero-order valence-corrected chi connectivity index (χ0v) is 10.5. The number of anilines is 1. The normalized spacial score (nSPS) is 14.1. The summed E-state index contributed by atoms with van der Waals surface area (Å²) in [6.45, 7) is 3.48. The minimum atomic E-state index is -0.469. The van der Waals surface area contributed by atoms with Gasteiger partial charge in [-0.05, 0) is 26.3 Å². The van der Waals surface area contributed by atoms with Gasteiger partial charge in [0.05, 0.1) is 23.6 Å². The standard InChI is InChI=1S/C11H16ClN3O2/c1-6(3-7(2)16)15-11(17)8-4-10(12)14-5-9(8)13/h4-7,16H,3,13H2,1-2H3,(H,15,17). The molecule has 0 saturated carbocycles. The molecule has 0 aliphatic carbocycles. The van der Waals surface area contributed by atoms with Gasteiger partial charge in [0.25, 0.3) is 5.91 Å². The number of hydrogen-bond acceptors (Lipinski definition) is 4. The molecule has 6 heteroatoms. The second-order valence-corrected chi connectivity index (χ2v) is 4.44. The number of aliphatic hydroxyl groups excluding tert-OH is 1. The molecule has 1 rings (SSSR count). The van der Waals surface area contributed by atoms with Crippen LogP contribution in [0.15, 0.2) is 12.3 Å². The van der Waals surface area contributed by atoms with E-state index in [0.29, 0.717) is 12.0 Å². The summed E-state index contributed by atoms with van der Waals surface area (Å²) in [5.41, 5.74) is 6.20. The van der Waals surface area contributed by atoms with Crippen LogP contribution in [0.25, 0.3) is 0 Å². The predicted molar refractivity (Wildman–Crippen MR) is 66.9 cm³/mol. The number of nitrogens with zero attached hydrogens (tertiary/aromatic N) is 1. The maximum Gasteiger partial charge on any atom is 0.253 e. The molecule has 0 spiro atoms. The molecule has 1 aromatic rings. The summed E-state index contributed by atoms with van der Waals surface area (Å²) in [5.74, 6) is -0.319. The quantitative estimate of drug-likeness (QED) is 0.708. The average molecular weight is 258 g/mol. The Bertz CT molecular complexity index is 410. The first-order chi connectivity index (χ1) is 7.90. The molecule has 0 bridgehead atoms. The number of carbonyl (C=O) groups is 1. The number of halogens is 1. The van der Waals surface area contributed by atoms with Crippen LogP contribution in [0.5, 0.6) is 0 Å². The van der Waals surface area contributed by atoms with Crippen LogP contribution in [0.3, 0.4) is 0 Å². The summed E-state index contributed by atoms with van der Waals surface area (Å²) in [6.07, 6.45) is 1.35. The fourth-order valence-corrected chi connectivity index (χ4v) is 1.67. The molecule has 2 atom stereocenters. The number of pyridine rings is 1. The third-order valence-electron chi connectivity index (χ3n) is 2.22. The van der Waals surface area contributed by atoms with Crippen molar-refractivity contribution < 1.29 is 9.90 Å². The van der Waals surface area contributed by atoms with E-state index in [2.05, 4.69) is 10.3 Å². The van der Waals surface area contributed by atoms with Gasteiger partial charge in [0.1, 0.15) is 5.15 Å². The van der Waals surface area contributed by atoms with E-state index in [4.69, 9.17) is 17.3 Å². The highest BCUT2D eigenvalue weighted by atomic mass is 35.5. The lowest BCUT2D eigenvalue weighted by Gasteiger charge is -2.16. The monoisotopic (exact) mass is 257 g/mol. The number of nitrogens with one attached hydrogen (secondary N) is 1. The van der Waals surface area contributed by atoms with Gasteiger partial charge in [0, 0.05) is 6.04 Å². The third kappa shape index (κ3) is 4.20. The molecule has 17 heavy (non-hydrogen) atoms. The van der Waals surface area contributed by atoms with Crippen molar-refractivity contribution in [2.45, 2.75) is 32.4 Å². The molecule has 4 N–H and O–H groups in total. The highest BCUT2D eigenvalue weighted by molar-refractivity contribution is 6.29. The van der Waals surface area contributed by atoms with Crippen molar-refractivity contribution >= 4 is 23.2 Å². The molecule has 1 aromatic heterocycles. The van der Waals surface area contributed by atoms with Crippen molar-refractivity contribution in [1.82, 2.24) is 10.3 Å². The number of nitrogens with two attached hydrogens (primary N) is 1. The molecule has 0 aromatic carbocycles. The molecule has 1 heterocycles. The number of rotatable bonds is 4. The van der Waals surface area contributed by atoms with Crippen LogP contribution in [0, 0.1) is 0 Å². The Morgan fingerprint density at radius 2 is 2.29 bits per heavy atom. The van der Waals surface area contributed by atoms with E-state index in [0.717, 1.165) is 0 Å². The van der Waals surface area contributed by atoms with Crippen LogP contribution in [0.1, 0.15) is 30.6 Å². The van der Waals surface area contributed by atoms with E-state index in [9.17, 15) is 9.90 Å². The molecule has 1 amide bonds. The molecule has 5 nitrogen and oxygen atoms in total. The number of aliphatic hydroxyl groups is 1. The lowest BCUT2D eigenvalue weighted by Crippen LogP contribution is -2.35. The van der Waals surface area contributed by atoms with Crippen LogP contribution < -0.4 is 11.1 Å². The summed E-state index contributed by atoms with van der Waals surface area (Å²) in [6, 6.07) is 1.27. The summed E-state index contributed by atoms with van der Waals surface area (Å²) < 4.78 is 0. The van der Waals surface area contributed by atoms with Gasteiger partial charge in [-0.2, -0.15) is 0 Å². The Balaban J connectivity index is 2.73. The van der Waals surface area contributed by atoms with Crippen molar-refractivity contribution in [1.29, 1.82) is 0 Å². The van der Waals surface area contributed by atoms with E-state index in [1.807, 2.05) is 6.92 Å². The Kier molecular flexibility index (Phi) is 4.72. The first-order valence-electron chi connectivity index (χ1n) is 5.30. The maximum absolute atomic E-state index is 11.9. The summed E-state index contributed by atoms with van der Waals surface area (Å²) in [5, 5.41) is 12.1. The van der Waals surface area contributed by atoms with Crippen molar-refractivity contribution in [2.24, 2.45) is 0 Å². The zero-order valence-electron chi connectivity index (χ0n) is 9.77. The van der Waals surface area contributed by atoms with E-state index >= 15 is 0 Å². The largest absolute Gasteiger partial charge is 0.397 e. The molecular weight excluding hydrogens is 242 g/mol. The van der Waals surface area contributed by atoms with Crippen LogP contribution in [-0.2, 0) is 0 Å². The Morgan fingerprint density at radius 3 is 2.88 bits per heavy atom. The van der Waals surface area contributed by atoms with Gasteiger partial charge in [-0.25, -0.2) is 4.98 Å². The third-order valence-corrected chi connectivity index (χ3v) is 2.42. The fraction of sp³-hybridized carbons (Fsp3) is 0.455. The molecule has 0 saturated heterocycles.